The SMILES string of the molecule is O=C(Nc1ccc(Br)cc1)/C(=C\c1cccc([N+](=O)[O-])c1)NC(=O)c1ccccc1Cl. The molecule has 0 atom stereocenters. The number of benzene rings is 3. The van der Waals surface area contributed by atoms with Gasteiger partial charge in [0.15, 0.2) is 0 Å². The van der Waals surface area contributed by atoms with E-state index in [1.54, 1.807) is 48.5 Å². The fourth-order valence-corrected chi connectivity index (χ4v) is 3.11. The van der Waals surface area contributed by atoms with E-state index in [0.717, 1.165) is 4.47 Å². The number of hydrogen-bond acceptors (Lipinski definition) is 4. The highest BCUT2D eigenvalue weighted by atomic mass is 79.9. The second-order valence-electron chi connectivity index (χ2n) is 6.31. The summed E-state index contributed by atoms with van der Waals surface area (Å²) < 4.78 is 0.838. The van der Waals surface area contributed by atoms with Crippen molar-refractivity contribution in [2.24, 2.45) is 0 Å². The van der Waals surface area contributed by atoms with Crippen molar-refractivity contribution >= 4 is 56.8 Å². The summed E-state index contributed by atoms with van der Waals surface area (Å²) in [6, 6.07) is 19.0. The molecule has 0 aliphatic heterocycles. The minimum Gasteiger partial charge on any atom is -0.321 e. The van der Waals surface area contributed by atoms with Crippen LogP contribution >= 0.6 is 27.5 Å². The number of amides is 2. The molecule has 3 rings (SSSR count). The highest BCUT2D eigenvalue weighted by Gasteiger charge is 2.17. The number of rotatable bonds is 6. The number of nitrogens with zero attached hydrogens (tertiary/aromatic N) is 1. The molecular weight excluding hydrogens is 486 g/mol. The average molecular weight is 501 g/mol. The summed E-state index contributed by atoms with van der Waals surface area (Å²) in [6.45, 7) is 0. The van der Waals surface area contributed by atoms with E-state index < -0.39 is 16.7 Å². The van der Waals surface area contributed by atoms with E-state index in [4.69, 9.17) is 11.6 Å². The lowest BCUT2D eigenvalue weighted by molar-refractivity contribution is -0.384. The van der Waals surface area contributed by atoms with Gasteiger partial charge in [0, 0.05) is 22.3 Å². The van der Waals surface area contributed by atoms with Crippen LogP contribution in [0, 0.1) is 10.1 Å². The molecule has 31 heavy (non-hydrogen) atoms. The average Bonchev–Trinajstić information content (AvgIpc) is 2.75. The molecule has 156 valence electrons. The summed E-state index contributed by atoms with van der Waals surface area (Å²) in [5.41, 5.74) is 0.817. The number of non-ortho nitro benzene ring substituents is 1. The lowest BCUT2D eigenvalue weighted by atomic mass is 10.1. The van der Waals surface area contributed by atoms with Crippen molar-refractivity contribution < 1.29 is 14.5 Å². The molecule has 3 aromatic rings. The van der Waals surface area contributed by atoms with Crippen LogP contribution in [0.2, 0.25) is 5.02 Å². The third-order valence-electron chi connectivity index (χ3n) is 4.11. The highest BCUT2D eigenvalue weighted by molar-refractivity contribution is 9.10. The third kappa shape index (κ3) is 6.00. The van der Waals surface area contributed by atoms with Crippen LogP contribution in [-0.2, 0) is 4.79 Å². The first-order valence-electron chi connectivity index (χ1n) is 8.92. The Hall–Kier alpha value is -3.49. The second kappa shape index (κ2) is 10.0. The summed E-state index contributed by atoms with van der Waals surface area (Å²) in [7, 11) is 0. The summed E-state index contributed by atoms with van der Waals surface area (Å²) in [5, 5.41) is 16.5. The largest absolute Gasteiger partial charge is 0.321 e. The Labute approximate surface area is 191 Å². The number of hydrogen-bond donors (Lipinski definition) is 2. The predicted octanol–water partition coefficient (Wildman–Crippen LogP) is 5.42. The van der Waals surface area contributed by atoms with Gasteiger partial charge in [-0.15, -0.1) is 0 Å². The van der Waals surface area contributed by atoms with Crippen molar-refractivity contribution in [3.8, 4) is 0 Å². The summed E-state index contributed by atoms with van der Waals surface area (Å²) >= 11 is 9.40. The monoisotopic (exact) mass is 499 g/mol. The highest BCUT2D eigenvalue weighted by Crippen LogP contribution is 2.19. The molecule has 0 heterocycles. The van der Waals surface area contributed by atoms with Crippen molar-refractivity contribution in [2.45, 2.75) is 0 Å². The number of nitrogens with one attached hydrogen (secondary N) is 2. The maximum atomic E-state index is 12.9. The van der Waals surface area contributed by atoms with Gasteiger partial charge in [0.2, 0.25) is 0 Å². The molecule has 3 aromatic carbocycles. The van der Waals surface area contributed by atoms with Gasteiger partial charge in [0.05, 0.1) is 15.5 Å². The first kappa shape index (κ1) is 22.2. The Kier molecular flexibility index (Phi) is 7.17. The molecule has 0 fully saturated rings. The molecule has 7 nitrogen and oxygen atoms in total. The van der Waals surface area contributed by atoms with Crippen LogP contribution in [0.1, 0.15) is 15.9 Å². The van der Waals surface area contributed by atoms with E-state index >= 15 is 0 Å². The van der Waals surface area contributed by atoms with Gasteiger partial charge in [-0.1, -0.05) is 51.8 Å². The maximum Gasteiger partial charge on any atom is 0.272 e. The smallest absolute Gasteiger partial charge is 0.272 e. The fraction of sp³-hybridized carbons (Fsp3) is 0. The van der Waals surface area contributed by atoms with Crippen LogP contribution in [0.4, 0.5) is 11.4 Å². The van der Waals surface area contributed by atoms with Crippen molar-refractivity contribution in [3.05, 3.63) is 109 Å². The van der Waals surface area contributed by atoms with E-state index in [9.17, 15) is 19.7 Å². The van der Waals surface area contributed by atoms with E-state index in [1.807, 2.05) is 0 Å². The Bertz CT molecular complexity index is 1180. The van der Waals surface area contributed by atoms with Gasteiger partial charge in [-0.2, -0.15) is 0 Å². The van der Waals surface area contributed by atoms with Gasteiger partial charge in [-0.05, 0) is 48.0 Å². The lowest BCUT2D eigenvalue weighted by Crippen LogP contribution is -2.30. The van der Waals surface area contributed by atoms with Gasteiger partial charge in [-0.25, -0.2) is 0 Å². The van der Waals surface area contributed by atoms with Gasteiger partial charge in [-0.3, -0.25) is 19.7 Å². The van der Waals surface area contributed by atoms with Crippen LogP contribution in [0.25, 0.3) is 6.08 Å². The minimum atomic E-state index is -0.603. The van der Waals surface area contributed by atoms with Gasteiger partial charge >= 0.3 is 0 Å². The molecule has 0 saturated carbocycles. The molecule has 0 unspecified atom stereocenters. The molecule has 0 aromatic heterocycles. The standard InChI is InChI=1S/C22H15BrClN3O4/c23-15-8-10-16(11-9-15)25-22(29)20(13-14-4-3-5-17(12-14)27(30)31)26-21(28)18-6-1-2-7-19(18)24/h1-13H,(H,25,29)(H,26,28)/b20-13+. The zero-order valence-corrected chi connectivity index (χ0v) is 18.2. The van der Waals surface area contributed by atoms with Crippen LogP contribution in [0.5, 0.6) is 0 Å². The molecule has 9 heteroatoms. The zero-order chi connectivity index (χ0) is 22.4. The first-order valence-corrected chi connectivity index (χ1v) is 10.1. The number of nitro benzene ring substituents is 1. The quantitative estimate of drug-likeness (QED) is 0.268. The Morgan fingerprint density at radius 1 is 1.00 bits per heavy atom. The zero-order valence-electron chi connectivity index (χ0n) is 15.8. The van der Waals surface area contributed by atoms with Crippen LogP contribution in [-0.4, -0.2) is 16.7 Å². The Morgan fingerprint density at radius 3 is 2.39 bits per heavy atom. The fourth-order valence-electron chi connectivity index (χ4n) is 2.62. The van der Waals surface area contributed by atoms with Crippen molar-refractivity contribution in [1.29, 1.82) is 0 Å². The molecule has 0 spiro atoms. The van der Waals surface area contributed by atoms with Gasteiger partial charge in [0.25, 0.3) is 17.5 Å². The number of carbonyl (C=O) groups excluding carboxylic acids is 2. The Balaban J connectivity index is 1.94. The molecule has 2 N–H and O–H groups in total. The molecule has 0 aliphatic rings. The Morgan fingerprint density at radius 2 is 1.71 bits per heavy atom. The summed E-state index contributed by atoms with van der Waals surface area (Å²) in [4.78, 5) is 36.1. The van der Waals surface area contributed by atoms with Crippen molar-refractivity contribution in [3.63, 3.8) is 0 Å². The van der Waals surface area contributed by atoms with E-state index in [-0.39, 0.29) is 22.0 Å². The second-order valence-corrected chi connectivity index (χ2v) is 7.63. The normalized spacial score (nSPS) is 11.0. The van der Waals surface area contributed by atoms with Crippen molar-refractivity contribution in [2.75, 3.05) is 5.32 Å². The number of carbonyl (C=O) groups is 2. The molecule has 0 saturated heterocycles. The van der Waals surface area contributed by atoms with E-state index in [2.05, 4.69) is 26.6 Å². The number of anilines is 1. The molecule has 0 aliphatic carbocycles. The molecular formula is C22H15BrClN3O4. The molecule has 0 radical (unpaired) electrons. The third-order valence-corrected chi connectivity index (χ3v) is 4.96. The van der Waals surface area contributed by atoms with Gasteiger partial charge < -0.3 is 10.6 Å². The summed E-state index contributed by atoms with van der Waals surface area (Å²) in [6.07, 6.45) is 1.36. The topological polar surface area (TPSA) is 101 Å². The summed E-state index contributed by atoms with van der Waals surface area (Å²) in [5.74, 6) is -1.19. The lowest BCUT2D eigenvalue weighted by Gasteiger charge is -2.12. The van der Waals surface area contributed by atoms with Crippen molar-refractivity contribution in [1.82, 2.24) is 5.32 Å². The van der Waals surface area contributed by atoms with E-state index in [1.165, 1.54) is 30.3 Å². The van der Waals surface area contributed by atoms with Gasteiger partial charge in [0.1, 0.15) is 5.70 Å². The molecule has 2 amide bonds. The van der Waals surface area contributed by atoms with Crippen LogP contribution < -0.4 is 10.6 Å². The number of halogens is 2. The first-order chi connectivity index (χ1) is 14.8. The van der Waals surface area contributed by atoms with E-state index in [0.29, 0.717) is 11.3 Å². The predicted molar refractivity (Wildman–Crippen MR) is 123 cm³/mol. The number of nitro groups is 1. The van der Waals surface area contributed by atoms with Crippen LogP contribution in [0.15, 0.2) is 83.0 Å². The minimum absolute atomic E-state index is 0.103. The molecule has 0 bridgehead atoms. The maximum absolute atomic E-state index is 12.9. The van der Waals surface area contributed by atoms with Crippen LogP contribution in [0.3, 0.4) is 0 Å².